The highest BCUT2D eigenvalue weighted by atomic mass is 35.5. The second-order valence-electron chi connectivity index (χ2n) is 4.40. The Morgan fingerprint density at radius 3 is 2.60 bits per heavy atom. The molecule has 0 saturated carbocycles. The monoisotopic (exact) mass is 307 g/mol. The molecule has 0 aliphatic carbocycles. The van der Waals surface area contributed by atoms with Crippen molar-refractivity contribution in [3.63, 3.8) is 0 Å². The van der Waals surface area contributed by atoms with Crippen LogP contribution < -0.4 is 5.73 Å². The number of benzene rings is 1. The van der Waals surface area contributed by atoms with E-state index in [1.165, 1.54) is 0 Å². The van der Waals surface area contributed by atoms with Gasteiger partial charge in [-0.05, 0) is 36.8 Å². The number of furan rings is 1. The van der Waals surface area contributed by atoms with Gasteiger partial charge in [0.1, 0.15) is 11.5 Å². The average Bonchev–Trinajstić information content (AvgIpc) is 2.99. The number of nitrogens with two attached hydrogens (primary N) is 1. The summed E-state index contributed by atoms with van der Waals surface area (Å²) < 4.78 is 5.61. The Morgan fingerprint density at radius 2 is 1.95 bits per heavy atom. The lowest BCUT2D eigenvalue weighted by molar-refractivity contribution is 0.546. The third-order valence-corrected chi connectivity index (χ3v) is 3.73. The highest BCUT2D eigenvalue weighted by Gasteiger charge is 2.17. The number of aryl methyl sites for hydroxylation is 1. The van der Waals surface area contributed by atoms with Crippen molar-refractivity contribution in [3.8, 4) is 22.6 Å². The Bertz CT molecular complexity index is 777. The molecule has 3 aromatic rings. The molecule has 0 radical (unpaired) electrons. The fourth-order valence-corrected chi connectivity index (χ4v) is 2.35. The second kappa shape index (κ2) is 4.89. The number of halogens is 2. The van der Waals surface area contributed by atoms with E-state index in [-0.39, 0.29) is 0 Å². The number of nitrogen functional groups attached to an aromatic ring is 1. The summed E-state index contributed by atoms with van der Waals surface area (Å²) in [5, 5.41) is 7.90. The minimum atomic E-state index is 0.382. The normalized spacial score (nSPS) is 10.9. The Kier molecular flexibility index (Phi) is 3.20. The first kappa shape index (κ1) is 13.1. The summed E-state index contributed by atoms with van der Waals surface area (Å²) in [6.45, 7) is 1.88. The summed E-state index contributed by atoms with van der Waals surface area (Å²) in [6, 6.07) is 9.07. The fraction of sp³-hybridized carbons (Fsp3) is 0.0714. The third kappa shape index (κ3) is 2.17. The maximum absolute atomic E-state index is 6.06. The Labute approximate surface area is 125 Å². The molecule has 3 rings (SSSR count). The zero-order valence-corrected chi connectivity index (χ0v) is 12.1. The third-order valence-electron chi connectivity index (χ3n) is 2.99. The molecule has 0 saturated heterocycles. The number of aromatic nitrogens is 2. The van der Waals surface area contributed by atoms with Crippen LogP contribution in [0.15, 0.2) is 34.7 Å². The van der Waals surface area contributed by atoms with Crippen LogP contribution in [0.1, 0.15) is 5.76 Å². The van der Waals surface area contributed by atoms with Crippen molar-refractivity contribution < 1.29 is 4.42 Å². The van der Waals surface area contributed by atoms with Gasteiger partial charge in [0.15, 0.2) is 11.6 Å². The molecule has 102 valence electrons. The molecule has 2 aromatic heterocycles. The maximum Gasteiger partial charge on any atom is 0.153 e. The molecule has 0 aliphatic heterocycles. The van der Waals surface area contributed by atoms with Gasteiger partial charge in [-0.2, -0.15) is 5.10 Å². The largest absolute Gasteiger partial charge is 0.460 e. The summed E-state index contributed by atoms with van der Waals surface area (Å²) in [7, 11) is 0. The van der Waals surface area contributed by atoms with Gasteiger partial charge in [-0.15, -0.1) is 0 Å². The Balaban J connectivity index is 2.18. The van der Waals surface area contributed by atoms with Crippen LogP contribution in [0.25, 0.3) is 22.6 Å². The molecular formula is C14H11Cl2N3O. The standard InChI is InChI=1S/C14H11Cl2N3O/c1-7-2-5-11(20-7)13-12(14(17)19-18-13)8-3-4-9(15)10(16)6-8/h2-6H,1H3,(H3,17,18,19). The quantitative estimate of drug-likeness (QED) is 0.730. The predicted octanol–water partition coefficient (Wildman–Crippen LogP) is 4.53. The van der Waals surface area contributed by atoms with E-state index in [2.05, 4.69) is 10.2 Å². The van der Waals surface area contributed by atoms with Crippen molar-refractivity contribution in [2.45, 2.75) is 6.92 Å². The van der Waals surface area contributed by atoms with E-state index in [1.54, 1.807) is 12.1 Å². The van der Waals surface area contributed by atoms with Crippen molar-refractivity contribution in [2.75, 3.05) is 5.73 Å². The van der Waals surface area contributed by atoms with Crippen LogP contribution in [0.5, 0.6) is 0 Å². The summed E-state index contributed by atoms with van der Waals surface area (Å²) >= 11 is 12.0. The van der Waals surface area contributed by atoms with Crippen molar-refractivity contribution in [1.29, 1.82) is 0 Å². The number of aromatic amines is 1. The SMILES string of the molecule is Cc1ccc(-c2[nH]nc(N)c2-c2ccc(Cl)c(Cl)c2)o1. The molecule has 0 spiro atoms. The van der Waals surface area contributed by atoms with Crippen LogP contribution >= 0.6 is 23.2 Å². The van der Waals surface area contributed by atoms with E-state index in [0.29, 0.717) is 27.3 Å². The van der Waals surface area contributed by atoms with E-state index >= 15 is 0 Å². The fourth-order valence-electron chi connectivity index (χ4n) is 2.05. The molecule has 1 aromatic carbocycles. The van der Waals surface area contributed by atoms with Gasteiger partial charge in [-0.3, -0.25) is 5.10 Å². The van der Waals surface area contributed by atoms with Gasteiger partial charge in [0.05, 0.1) is 15.6 Å². The summed E-state index contributed by atoms with van der Waals surface area (Å²) in [4.78, 5) is 0. The van der Waals surface area contributed by atoms with Crippen LogP contribution in [0, 0.1) is 6.92 Å². The zero-order chi connectivity index (χ0) is 14.3. The van der Waals surface area contributed by atoms with Gasteiger partial charge in [0, 0.05) is 0 Å². The number of H-pyrrole nitrogens is 1. The zero-order valence-electron chi connectivity index (χ0n) is 10.6. The number of hydrogen-bond acceptors (Lipinski definition) is 3. The van der Waals surface area contributed by atoms with Crippen LogP contribution in [-0.4, -0.2) is 10.2 Å². The van der Waals surface area contributed by atoms with Crippen molar-refractivity contribution in [3.05, 3.63) is 46.1 Å². The summed E-state index contributed by atoms with van der Waals surface area (Å²) in [6.07, 6.45) is 0. The van der Waals surface area contributed by atoms with Gasteiger partial charge in [-0.25, -0.2) is 0 Å². The van der Waals surface area contributed by atoms with Crippen molar-refractivity contribution in [1.82, 2.24) is 10.2 Å². The highest BCUT2D eigenvalue weighted by Crippen LogP contribution is 2.37. The first-order valence-corrected chi connectivity index (χ1v) is 6.68. The van der Waals surface area contributed by atoms with Crippen LogP contribution in [-0.2, 0) is 0 Å². The molecule has 0 atom stereocenters. The van der Waals surface area contributed by atoms with Gasteiger partial charge in [0.2, 0.25) is 0 Å². The topological polar surface area (TPSA) is 67.8 Å². The van der Waals surface area contributed by atoms with Crippen LogP contribution in [0.2, 0.25) is 10.0 Å². The minimum Gasteiger partial charge on any atom is -0.460 e. The number of rotatable bonds is 2. The van der Waals surface area contributed by atoms with Gasteiger partial charge in [-0.1, -0.05) is 29.3 Å². The Morgan fingerprint density at radius 1 is 1.15 bits per heavy atom. The summed E-state index contributed by atoms with van der Waals surface area (Å²) in [5.41, 5.74) is 8.24. The molecule has 0 bridgehead atoms. The number of nitrogens with one attached hydrogen (secondary N) is 1. The molecule has 0 unspecified atom stereocenters. The molecule has 0 aliphatic rings. The predicted molar refractivity (Wildman–Crippen MR) is 80.9 cm³/mol. The number of anilines is 1. The average molecular weight is 308 g/mol. The lowest BCUT2D eigenvalue weighted by atomic mass is 10.0. The van der Waals surface area contributed by atoms with E-state index in [4.69, 9.17) is 33.4 Å². The molecule has 6 heteroatoms. The summed E-state index contributed by atoms with van der Waals surface area (Å²) in [5.74, 6) is 1.87. The first-order chi connectivity index (χ1) is 9.56. The first-order valence-electron chi connectivity index (χ1n) is 5.92. The molecule has 20 heavy (non-hydrogen) atoms. The van der Waals surface area contributed by atoms with E-state index < -0.39 is 0 Å². The molecule has 3 N–H and O–H groups in total. The lowest BCUT2D eigenvalue weighted by Crippen LogP contribution is -1.88. The van der Waals surface area contributed by atoms with E-state index in [0.717, 1.165) is 16.9 Å². The Hall–Kier alpha value is -1.91. The lowest BCUT2D eigenvalue weighted by Gasteiger charge is -2.04. The highest BCUT2D eigenvalue weighted by molar-refractivity contribution is 6.42. The smallest absolute Gasteiger partial charge is 0.153 e. The second-order valence-corrected chi connectivity index (χ2v) is 5.21. The van der Waals surface area contributed by atoms with Crippen molar-refractivity contribution in [2.24, 2.45) is 0 Å². The van der Waals surface area contributed by atoms with Crippen molar-refractivity contribution >= 4 is 29.0 Å². The van der Waals surface area contributed by atoms with Gasteiger partial charge in [0.25, 0.3) is 0 Å². The number of nitrogens with zero attached hydrogens (tertiary/aromatic N) is 1. The van der Waals surface area contributed by atoms with E-state index in [1.807, 2.05) is 25.1 Å². The minimum absolute atomic E-state index is 0.382. The van der Waals surface area contributed by atoms with Gasteiger partial charge >= 0.3 is 0 Å². The van der Waals surface area contributed by atoms with Crippen LogP contribution in [0.3, 0.4) is 0 Å². The number of hydrogen-bond donors (Lipinski definition) is 2. The molecule has 0 amide bonds. The molecule has 0 fully saturated rings. The molecular weight excluding hydrogens is 297 g/mol. The molecule has 4 nitrogen and oxygen atoms in total. The molecule has 2 heterocycles. The van der Waals surface area contributed by atoms with Gasteiger partial charge < -0.3 is 10.2 Å². The van der Waals surface area contributed by atoms with E-state index in [9.17, 15) is 0 Å². The maximum atomic E-state index is 6.06. The van der Waals surface area contributed by atoms with Crippen LogP contribution in [0.4, 0.5) is 5.82 Å².